The van der Waals surface area contributed by atoms with Crippen LogP contribution in [0.3, 0.4) is 0 Å². The van der Waals surface area contributed by atoms with Crippen molar-refractivity contribution in [2.45, 2.75) is 13.1 Å². The summed E-state index contributed by atoms with van der Waals surface area (Å²) in [5.41, 5.74) is 1.94. The van der Waals surface area contributed by atoms with Gasteiger partial charge in [0.2, 0.25) is 5.91 Å². The molecular weight excluding hydrogens is 416 g/mol. The third-order valence-electron chi connectivity index (χ3n) is 4.96. The SMILES string of the molecule is COc1ccc2c(ccn2CCNC(=O)Cn2nc(-c3ccccc3Cl)ccc2=O)c1. The van der Waals surface area contributed by atoms with Gasteiger partial charge in [0.05, 0.1) is 17.8 Å². The molecule has 8 heteroatoms. The molecule has 0 saturated carbocycles. The Bertz CT molecular complexity index is 1300. The van der Waals surface area contributed by atoms with Gasteiger partial charge >= 0.3 is 0 Å². The molecule has 0 radical (unpaired) electrons. The van der Waals surface area contributed by atoms with Gasteiger partial charge in [0, 0.05) is 41.8 Å². The van der Waals surface area contributed by atoms with E-state index in [1.165, 1.54) is 6.07 Å². The first kappa shape index (κ1) is 20.7. The molecule has 2 aromatic carbocycles. The van der Waals surface area contributed by atoms with Gasteiger partial charge < -0.3 is 14.6 Å². The second-order valence-electron chi connectivity index (χ2n) is 6.98. The van der Waals surface area contributed by atoms with Crippen LogP contribution in [-0.2, 0) is 17.9 Å². The van der Waals surface area contributed by atoms with Crippen LogP contribution in [0.4, 0.5) is 0 Å². The fourth-order valence-corrected chi connectivity index (χ4v) is 3.62. The average molecular weight is 437 g/mol. The maximum Gasteiger partial charge on any atom is 0.267 e. The summed E-state index contributed by atoms with van der Waals surface area (Å²) in [6.45, 7) is 0.859. The summed E-state index contributed by atoms with van der Waals surface area (Å²) < 4.78 is 8.44. The molecule has 4 rings (SSSR count). The predicted molar refractivity (Wildman–Crippen MR) is 120 cm³/mol. The summed E-state index contributed by atoms with van der Waals surface area (Å²) in [6.07, 6.45) is 1.97. The van der Waals surface area contributed by atoms with Crippen molar-refractivity contribution in [2.75, 3.05) is 13.7 Å². The summed E-state index contributed by atoms with van der Waals surface area (Å²) in [4.78, 5) is 24.5. The zero-order valence-corrected chi connectivity index (χ0v) is 17.7. The van der Waals surface area contributed by atoms with E-state index >= 15 is 0 Å². The molecule has 0 bridgehead atoms. The molecule has 31 heavy (non-hydrogen) atoms. The van der Waals surface area contributed by atoms with E-state index in [2.05, 4.69) is 15.0 Å². The summed E-state index contributed by atoms with van der Waals surface area (Å²) in [5.74, 6) is 0.513. The number of hydrogen-bond donors (Lipinski definition) is 1. The molecule has 0 aliphatic heterocycles. The molecule has 0 unspecified atom stereocenters. The molecule has 158 valence electrons. The van der Waals surface area contributed by atoms with Crippen molar-refractivity contribution in [3.05, 3.63) is 82.2 Å². The topological polar surface area (TPSA) is 78.2 Å². The molecule has 0 aliphatic carbocycles. The number of methoxy groups -OCH3 is 1. The maximum absolute atomic E-state index is 12.4. The molecule has 4 aromatic rings. The van der Waals surface area contributed by atoms with Crippen molar-refractivity contribution in [1.29, 1.82) is 0 Å². The van der Waals surface area contributed by atoms with Gasteiger partial charge in [-0.3, -0.25) is 9.59 Å². The number of carbonyl (C=O) groups excluding carboxylic acids is 1. The van der Waals surface area contributed by atoms with Crippen LogP contribution in [-0.4, -0.2) is 33.9 Å². The number of aromatic nitrogens is 3. The molecule has 2 aromatic heterocycles. The lowest BCUT2D eigenvalue weighted by atomic mass is 10.1. The van der Waals surface area contributed by atoms with Gasteiger partial charge in [-0.1, -0.05) is 29.8 Å². The number of nitrogens with one attached hydrogen (secondary N) is 1. The molecule has 0 aliphatic rings. The molecule has 7 nitrogen and oxygen atoms in total. The largest absolute Gasteiger partial charge is 0.497 e. The molecule has 0 atom stereocenters. The van der Waals surface area contributed by atoms with Gasteiger partial charge in [0.25, 0.3) is 5.56 Å². The molecular formula is C23H21ClN4O3. The zero-order chi connectivity index (χ0) is 21.8. The Labute approximate surface area is 183 Å². The maximum atomic E-state index is 12.4. The Hall–Kier alpha value is -3.58. The Kier molecular flexibility index (Phi) is 6.04. The van der Waals surface area contributed by atoms with Crippen LogP contribution >= 0.6 is 11.6 Å². The van der Waals surface area contributed by atoms with Crippen LogP contribution in [0.1, 0.15) is 0 Å². The lowest BCUT2D eigenvalue weighted by Gasteiger charge is -2.10. The summed E-state index contributed by atoms with van der Waals surface area (Å²) in [5, 5.41) is 8.74. The van der Waals surface area contributed by atoms with E-state index in [4.69, 9.17) is 16.3 Å². The van der Waals surface area contributed by atoms with Gasteiger partial charge in [-0.05, 0) is 36.4 Å². The van der Waals surface area contributed by atoms with Crippen LogP contribution in [0.25, 0.3) is 22.2 Å². The van der Waals surface area contributed by atoms with Crippen LogP contribution in [0.2, 0.25) is 5.02 Å². The Morgan fingerprint density at radius 3 is 2.77 bits per heavy atom. The molecule has 0 fully saturated rings. The van der Waals surface area contributed by atoms with E-state index < -0.39 is 0 Å². The highest BCUT2D eigenvalue weighted by Crippen LogP contribution is 2.25. The number of rotatable bonds is 7. The minimum Gasteiger partial charge on any atom is -0.497 e. The second-order valence-corrected chi connectivity index (χ2v) is 7.39. The summed E-state index contributed by atoms with van der Waals surface area (Å²) >= 11 is 6.22. The van der Waals surface area contributed by atoms with Crippen LogP contribution in [0.5, 0.6) is 5.75 Å². The molecule has 2 heterocycles. The van der Waals surface area contributed by atoms with Crippen molar-refractivity contribution >= 4 is 28.4 Å². The summed E-state index contributed by atoms with van der Waals surface area (Å²) in [6, 6.07) is 18.1. The Morgan fingerprint density at radius 1 is 1.13 bits per heavy atom. The minimum atomic E-state index is -0.351. The molecule has 0 spiro atoms. The first-order valence-corrected chi connectivity index (χ1v) is 10.2. The number of ether oxygens (including phenoxy) is 1. The van der Waals surface area contributed by atoms with Crippen molar-refractivity contribution in [1.82, 2.24) is 19.7 Å². The Balaban J connectivity index is 1.40. The number of amides is 1. The highest BCUT2D eigenvalue weighted by Gasteiger charge is 2.10. The van der Waals surface area contributed by atoms with Gasteiger partial charge in [-0.15, -0.1) is 0 Å². The number of fused-ring (bicyclic) bond motifs is 1. The van der Waals surface area contributed by atoms with Crippen molar-refractivity contribution in [3.63, 3.8) is 0 Å². The third kappa shape index (κ3) is 4.62. The van der Waals surface area contributed by atoms with Crippen molar-refractivity contribution in [2.24, 2.45) is 0 Å². The fraction of sp³-hybridized carbons (Fsp3) is 0.174. The van der Waals surface area contributed by atoms with E-state index in [0.29, 0.717) is 29.4 Å². The van der Waals surface area contributed by atoms with E-state index in [-0.39, 0.29) is 18.0 Å². The fourth-order valence-electron chi connectivity index (χ4n) is 3.38. The van der Waals surface area contributed by atoms with E-state index in [0.717, 1.165) is 21.3 Å². The van der Waals surface area contributed by atoms with Gasteiger partial charge in [-0.2, -0.15) is 5.10 Å². The van der Waals surface area contributed by atoms with E-state index in [1.807, 2.05) is 48.7 Å². The lowest BCUT2D eigenvalue weighted by Crippen LogP contribution is -2.35. The van der Waals surface area contributed by atoms with Crippen molar-refractivity contribution in [3.8, 4) is 17.0 Å². The highest BCUT2D eigenvalue weighted by atomic mass is 35.5. The highest BCUT2D eigenvalue weighted by molar-refractivity contribution is 6.33. The first-order chi connectivity index (χ1) is 15.0. The van der Waals surface area contributed by atoms with E-state index in [1.54, 1.807) is 19.2 Å². The minimum absolute atomic E-state index is 0.166. The standard InChI is InChI=1S/C23H21ClN4O3/c1-31-17-6-8-21-16(14-17)10-12-27(21)13-11-25-22(29)15-28-23(30)9-7-20(26-28)18-4-2-3-5-19(18)24/h2-10,12,14H,11,13,15H2,1H3,(H,25,29). The van der Waals surface area contributed by atoms with Gasteiger partial charge in [0.15, 0.2) is 0 Å². The van der Waals surface area contributed by atoms with Crippen molar-refractivity contribution < 1.29 is 9.53 Å². The van der Waals surface area contributed by atoms with Gasteiger partial charge in [-0.25, -0.2) is 4.68 Å². The normalized spacial score (nSPS) is 10.9. The third-order valence-corrected chi connectivity index (χ3v) is 5.29. The number of nitrogens with zero attached hydrogens (tertiary/aromatic N) is 3. The number of benzene rings is 2. The number of hydrogen-bond acceptors (Lipinski definition) is 4. The Morgan fingerprint density at radius 2 is 1.97 bits per heavy atom. The summed E-state index contributed by atoms with van der Waals surface area (Å²) in [7, 11) is 1.64. The van der Waals surface area contributed by atoms with E-state index in [9.17, 15) is 9.59 Å². The molecule has 0 saturated heterocycles. The van der Waals surface area contributed by atoms with Crippen LogP contribution in [0.15, 0.2) is 71.7 Å². The first-order valence-electron chi connectivity index (χ1n) is 9.78. The number of halogens is 1. The van der Waals surface area contributed by atoms with Crippen LogP contribution in [0, 0.1) is 0 Å². The monoisotopic (exact) mass is 436 g/mol. The average Bonchev–Trinajstić information content (AvgIpc) is 3.18. The molecule has 1 amide bonds. The lowest BCUT2D eigenvalue weighted by molar-refractivity contribution is -0.121. The van der Waals surface area contributed by atoms with Crippen LogP contribution < -0.4 is 15.6 Å². The second kappa shape index (κ2) is 9.06. The zero-order valence-electron chi connectivity index (χ0n) is 16.9. The number of carbonyl (C=O) groups is 1. The molecule has 1 N–H and O–H groups in total. The predicted octanol–water partition coefficient (Wildman–Crippen LogP) is 3.34. The quantitative estimate of drug-likeness (QED) is 0.482. The van der Waals surface area contributed by atoms with Gasteiger partial charge in [0.1, 0.15) is 12.3 Å². The smallest absolute Gasteiger partial charge is 0.267 e.